The number of hydrogen-bond donors (Lipinski definition) is 4. The zero-order chi connectivity index (χ0) is 30.2. The van der Waals surface area contributed by atoms with Crippen molar-refractivity contribution >= 4 is 17.3 Å². The molecule has 5 rings (SSSR count). The average Bonchev–Trinajstić information content (AvgIpc) is 2.86. The van der Waals surface area contributed by atoms with Gasteiger partial charge in [-0.15, -0.1) is 0 Å². The molecule has 0 amide bonds. The van der Waals surface area contributed by atoms with E-state index in [9.17, 15) is 34.8 Å². The number of ketones is 3. The molecule has 8 nitrogen and oxygen atoms in total. The van der Waals surface area contributed by atoms with E-state index >= 15 is 0 Å². The molecule has 0 spiro atoms. The number of carbonyl (C=O) groups excluding carboxylic acids is 3. The van der Waals surface area contributed by atoms with Crippen LogP contribution in [-0.2, 0) is 16.0 Å². The molecule has 0 fully saturated rings. The minimum absolute atomic E-state index is 0.00982. The minimum Gasteiger partial charge on any atom is -0.511 e. The van der Waals surface area contributed by atoms with E-state index in [0.717, 1.165) is 12.5 Å². The third-order valence-electron chi connectivity index (χ3n) is 9.35. The van der Waals surface area contributed by atoms with Gasteiger partial charge in [-0.2, -0.15) is 0 Å². The summed E-state index contributed by atoms with van der Waals surface area (Å²) in [6, 6.07) is 10.6. The maximum Gasteiger partial charge on any atom is 0.209 e. The normalized spacial score (nSPS) is 29.3. The Balaban J connectivity index is 1.78. The van der Waals surface area contributed by atoms with Gasteiger partial charge in [-0.3, -0.25) is 14.4 Å². The van der Waals surface area contributed by atoms with E-state index < -0.39 is 56.8 Å². The van der Waals surface area contributed by atoms with Crippen LogP contribution in [0.5, 0.6) is 11.5 Å². The van der Waals surface area contributed by atoms with Crippen molar-refractivity contribution in [2.24, 2.45) is 22.7 Å². The summed E-state index contributed by atoms with van der Waals surface area (Å²) in [6.07, 6.45) is 0.240. The molecule has 216 valence electrons. The van der Waals surface area contributed by atoms with Gasteiger partial charge < -0.3 is 25.2 Å². The number of aliphatic hydroxyl groups excluding tert-OH is 2. The van der Waals surface area contributed by atoms with Crippen LogP contribution in [-0.4, -0.2) is 50.0 Å². The van der Waals surface area contributed by atoms with Crippen molar-refractivity contribution in [1.82, 2.24) is 0 Å². The lowest BCUT2D eigenvalue weighted by molar-refractivity contribution is -0.171. The smallest absolute Gasteiger partial charge is 0.209 e. The lowest BCUT2D eigenvalue weighted by Crippen LogP contribution is -2.67. The summed E-state index contributed by atoms with van der Waals surface area (Å²) >= 11 is 0. The van der Waals surface area contributed by atoms with Gasteiger partial charge in [-0.1, -0.05) is 45.9 Å². The number of ether oxygens (including phenoxy) is 1. The van der Waals surface area contributed by atoms with Crippen LogP contribution in [0.15, 0.2) is 59.1 Å². The van der Waals surface area contributed by atoms with Crippen LogP contribution < -0.4 is 4.74 Å². The van der Waals surface area contributed by atoms with Crippen LogP contribution in [0.2, 0.25) is 0 Å². The molecular weight excluding hydrogens is 524 g/mol. The van der Waals surface area contributed by atoms with Gasteiger partial charge in [0, 0.05) is 22.3 Å². The Morgan fingerprint density at radius 3 is 2.39 bits per heavy atom. The monoisotopic (exact) mass is 560 g/mol. The van der Waals surface area contributed by atoms with E-state index in [1.54, 1.807) is 19.9 Å². The second kappa shape index (κ2) is 9.31. The van der Waals surface area contributed by atoms with Crippen molar-refractivity contribution in [3.05, 3.63) is 70.2 Å². The molecule has 41 heavy (non-hydrogen) atoms. The summed E-state index contributed by atoms with van der Waals surface area (Å²) in [5.74, 6) is -4.62. The molecule has 8 heteroatoms. The summed E-state index contributed by atoms with van der Waals surface area (Å²) in [4.78, 5) is 40.5. The molecule has 0 bridgehead atoms. The van der Waals surface area contributed by atoms with E-state index in [2.05, 4.69) is 0 Å². The molecule has 0 saturated heterocycles. The Morgan fingerprint density at radius 1 is 1.10 bits per heavy atom. The zero-order valence-corrected chi connectivity index (χ0v) is 24.2. The van der Waals surface area contributed by atoms with Crippen molar-refractivity contribution in [1.29, 1.82) is 0 Å². The number of carbonyl (C=O) groups is 3. The van der Waals surface area contributed by atoms with Crippen molar-refractivity contribution in [2.45, 2.75) is 60.0 Å². The molecule has 0 saturated carbocycles. The van der Waals surface area contributed by atoms with E-state index in [1.807, 2.05) is 45.0 Å². The quantitative estimate of drug-likeness (QED) is 0.356. The number of aromatic hydroxyl groups is 1. The highest BCUT2D eigenvalue weighted by atomic mass is 16.5. The number of benzene rings is 2. The number of Topliss-reactive ketones (excluding diaryl/α,β-unsaturated/α-hetero) is 3. The second-order valence-electron chi connectivity index (χ2n) is 12.4. The lowest BCUT2D eigenvalue weighted by Gasteiger charge is -2.59. The summed E-state index contributed by atoms with van der Waals surface area (Å²) in [5.41, 5.74) is -3.87. The molecule has 0 heterocycles. The van der Waals surface area contributed by atoms with Gasteiger partial charge in [0.2, 0.25) is 5.78 Å². The van der Waals surface area contributed by atoms with Gasteiger partial charge in [-0.05, 0) is 67.5 Å². The molecular formula is C33H36O8. The summed E-state index contributed by atoms with van der Waals surface area (Å²) in [6.45, 7) is 10.5. The second-order valence-corrected chi connectivity index (χ2v) is 12.4. The number of rotatable bonds is 5. The Kier molecular flexibility index (Phi) is 6.50. The standard InChI is InChI=1S/C33H36O8/c1-7-41-19-10-8-9-18(13-19)20-11-12-22(35)24-21(20)14-31(5)15-32(6)25(16(2)3)27(36)23(17(4)34)29(38)33(32,40)30(39)26(31)28(24)37/h8-13,16,25,35-36,39-40H,7,14-15H2,1-6H3/t25?,31-,32-,33+/m1/s1. The Hall–Kier alpha value is -3.91. The number of aliphatic hydroxyl groups is 3. The first-order chi connectivity index (χ1) is 19.1. The summed E-state index contributed by atoms with van der Waals surface area (Å²) < 4.78 is 5.67. The number of phenolic OH excluding ortho intramolecular Hbond substituents is 1. The number of fused-ring (bicyclic) bond motifs is 3. The third kappa shape index (κ3) is 3.73. The molecule has 3 aliphatic carbocycles. The molecule has 0 aliphatic heterocycles. The first-order valence-corrected chi connectivity index (χ1v) is 13.9. The van der Waals surface area contributed by atoms with Crippen molar-refractivity contribution < 1.29 is 39.5 Å². The molecule has 0 radical (unpaired) electrons. The average molecular weight is 561 g/mol. The topological polar surface area (TPSA) is 141 Å². The lowest BCUT2D eigenvalue weighted by atomic mass is 9.44. The molecule has 0 aromatic heterocycles. The number of hydrogen-bond acceptors (Lipinski definition) is 8. The molecule has 2 aromatic rings. The van der Waals surface area contributed by atoms with Crippen molar-refractivity contribution in [3.63, 3.8) is 0 Å². The largest absolute Gasteiger partial charge is 0.511 e. The third-order valence-corrected chi connectivity index (χ3v) is 9.35. The molecule has 1 unspecified atom stereocenters. The van der Waals surface area contributed by atoms with Crippen LogP contribution >= 0.6 is 0 Å². The highest BCUT2D eigenvalue weighted by molar-refractivity contribution is 6.25. The number of phenols is 1. The number of allylic oxidation sites excluding steroid dienone is 2. The summed E-state index contributed by atoms with van der Waals surface area (Å²) in [5, 5.41) is 46.1. The van der Waals surface area contributed by atoms with Gasteiger partial charge in [0.15, 0.2) is 17.2 Å². The highest BCUT2D eigenvalue weighted by Crippen LogP contribution is 2.65. The fourth-order valence-electron chi connectivity index (χ4n) is 7.92. The Labute approximate surface area is 239 Å². The fourth-order valence-corrected chi connectivity index (χ4v) is 7.92. The van der Waals surface area contributed by atoms with E-state index in [0.29, 0.717) is 23.5 Å². The van der Waals surface area contributed by atoms with E-state index in [1.165, 1.54) is 6.07 Å². The SMILES string of the molecule is CCOc1cccc(-c2ccc(O)c3c2C[C@]2(C)C[C@]4(C)C(C(C)C)C(O)=C(C(C)=O)C(=O)[C@]4(O)C(O)=C2C3=O)c1. The predicted molar refractivity (Wildman–Crippen MR) is 152 cm³/mol. The van der Waals surface area contributed by atoms with E-state index in [4.69, 9.17) is 4.74 Å². The van der Waals surface area contributed by atoms with Crippen molar-refractivity contribution in [2.75, 3.05) is 6.61 Å². The first-order valence-electron chi connectivity index (χ1n) is 13.9. The maximum atomic E-state index is 14.2. The zero-order valence-electron chi connectivity index (χ0n) is 24.2. The van der Waals surface area contributed by atoms with Gasteiger partial charge >= 0.3 is 0 Å². The summed E-state index contributed by atoms with van der Waals surface area (Å²) in [7, 11) is 0. The van der Waals surface area contributed by atoms with Gasteiger partial charge in [0.1, 0.15) is 28.6 Å². The van der Waals surface area contributed by atoms with Crippen molar-refractivity contribution in [3.8, 4) is 22.6 Å². The van der Waals surface area contributed by atoms with Crippen LogP contribution in [0, 0.1) is 22.7 Å². The van der Waals surface area contributed by atoms with Crippen LogP contribution in [0.4, 0.5) is 0 Å². The Morgan fingerprint density at radius 2 is 1.78 bits per heavy atom. The highest BCUT2D eigenvalue weighted by Gasteiger charge is 2.71. The van der Waals surface area contributed by atoms with Gasteiger partial charge in [-0.25, -0.2) is 0 Å². The maximum absolute atomic E-state index is 14.2. The molecule has 2 aromatic carbocycles. The molecule has 4 atom stereocenters. The Bertz CT molecular complexity index is 1580. The van der Waals surface area contributed by atoms with Crippen LogP contribution in [0.3, 0.4) is 0 Å². The first kappa shape index (κ1) is 28.6. The minimum atomic E-state index is -2.63. The molecule has 4 N–H and O–H groups in total. The van der Waals surface area contributed by atoms with Crippen LogP contribution in [0.1, 0.15) is 63.9 Å². The predicted octanol–water partition coefficient (Wildman–Crippen LogP) is 5.41. The van der Waals surface area contributed by atoms with E-state index in [-0.39, 0.29) is 35.6 Å². The fraction of sp³-hybridized carbons (Fsp3) is 0.424. The van der Waals surface area contributed by atoms with Gasteiger partial charge in [0.25, 0.3) is 0 Å². The van der Waals surface area contributed by atoms with Crippen LogP contribution in [0.25, 0.3) is 11.1 Å². The molecule has 3 aliphatic rings. The van der Waals surface area contributed by atoms with Gasteiger partial charge in [0.05, 0.1) is 12.2 Å².